The van der Waals surface area contributed by atoms with Crippen LogP contribution in [0, 0.1) is 0 Å². The fourth-order valence-corrected chi connectivity index (χ4v) is 2.35. The van der Waals surface area contributed by atoms with E-state index >= 15 is 0 Å². The normalized spacial score (nSPS) is 12.8. The van der Waals surface area contributed by atoms with E-state index in [0.29, 0.717) is 6.04 Å². The van der Waals surface area contributed by atoms with Gasteiger partial charge in [0.25, 0.3) is 0 Å². The molecule has 1 unspecified atom stereocenters. The molecule has 1 heteroatoms. The zero-order chi connectivity index (χ0) is 12.1. The average Bonchev–Trinajstić information content (AvgIpc) is 2.38. The summed E-state index contributed by atoms with van der Waals surface area (Å²) in [6.07, 6.45) is 3.59. The second kappa shape index (κ2) is 5.83. The van der Waals surface area contributed by atoms with Crippen LogP contribution >= 0.6 is 0 Å². The van der Waals surface area contributed by atoms with E-state index in [0.717, 1.165) is 6.42 Å². The van der Waals surface area contributed by atoms with Crippen molar-refractivity contribution in [2.45, 2.75) is 32.2 Å². The van der Waals surface area contributed by atoms with Gasteiger partial charge in [-0.25, -0.2) is 0 Å². The molecule has 0 saturated carbocycles. The number of hydrogen-bond acceptors (Lipinski definition) is 1. The number of benzene rings is 2. The monoisotopic (exact) mass is 227 g/mol. The molecule has 1 atom stereocenters. The number of hydrogen-bond donors (Lipinski definition) is 1. The third-order valence-electron chi connectivity index (χ3n) is 3.34. The van der Waals surface area contributed by atoms with Gasteiger partial charge < -0.3 is 5.32 Å². The van der Waals surface area contributed by atoms with E-state index in [-0.39, 0.29) is 0 Å². The predicted octanol–water partition coefficient (Wildman–Crippen LogP) is 3.77. The smallest absolute Gasteiger partial charge is 0.0104 e. The second-order valence-corrected chi connectivity index (χ2v) is 4.66. The average molecular weight is 227 g/mol. The maximum atomic E-state index is 3.40. The Bertz CT molecular complexity index is 476. The van der Waals surface area contributed by atoms with E-state index in [9.17, 15) is 0 Å². The first-order valence-corrected chi connectivity index (χ1v) is 6.48. The largest absolute Gasteiger partial charge is 0.317 e. The summed E-state index contributed by atoms with van der Waals surface area (Å²) >= 11 is 0. The van der Waals surface area contributed by atoms with Crippen molar-refractivity contribution in [3.05, 3.63) is 48.0 Å². The Morgan fingerprint density at radius 1 is 1.06 bits per heavy atom. The maximum Gasteiger partial charge on any atom is 0.0104 e. The first-order valence-electron chi connectivity index (χ1n) is 6.48. The van der Waals surface area contributed by atoms with Gasteiger partial charge in [0.1, 0.15) is 0 Å². The van der Waals surface area contributed by atoms with Crippen LogP contribution in [0.2, 0.25) is 0 Å². The quantitative estimate of drug-likeness (QED) is 0.820. The van der Waals surface area contributed by atoms with Crippen LogP contribution in [-0.2, 0) is 6.42 Å². The van der Waals surface area contributed by atoms with Gasteiger partial charge in [-0.2, -0.15) is 0 Å². The highest BCUT2D eigenvalue weighted by atomic mass is 14.9. The van der Waals surface area contributed by atoms with Gasteiger partial charge in [0, 0.05) is 6.04 Å². The van der Waals surface area contributed by atoms with Crippen molar-refractivity contribution < 1.29 is 0 Å². The van der Waals surface area contributed by atoms with E-state index in [1.54, 1.807) is 0 Å². The lowest BCUT2D eigenvalue weighted by atomic mass is 9.99. The van der Waals surface area contributed by atoms with Crippen LogP contribution in [-0.4, -0.2) is 13.1 Å². The zero-order valence-corrected chi connectivity index (χ0v) is 10.7. The molecule has 90 valence electrons. The van der Waals surface area contributed by atoms with Gasteiger partial charge in [0.15, 0.2) is 0 Å². The summed E-state index contributed by atoms with van der Waals surface area (Å²) in [5.74, 6) is 0. The molecule has 0 aliphatic carbocycles. The Morgan fingerprint density at radius 2 is 1.82 bits per heavy atom. The Labute approximate surface area is 104 Å². The SMILES string of the molecule is CCCC(Cc1ccc2ccccc2c1)NC. The molecule has 1 nitrogen and oxygen atoms in total. The number of likely N-dealkylation sites (N-methyl/N-ethyl adjacent to an activating group) is 1. The van der Waals surface area contributed by atoms with E-state index in [4.69, 9.17) is 0 Å². The molecule has 2 aromatic carbocycles. The van der Waals surface area contributed by atoms with Crippen molar-refractivity contribution in [1.29, 1.82) is 0 Å². The number of nitrogens with one attached hydrogen (secondary N) is 1. The molecule has 0 bridgehead atoms. The van der Waals surface area contributed by atoms with Crippen LogP contribution in [0.5, 0.6) is 0 Å². The molecule has 1 N–H and O–H groups in total. The zero-order valence-electron chi connectivity index (χ0n) is 10.7. The van der Waals surface area contributed by atoms with Gasteiger partial charge in [0.2, 0.25) is 0 Å². The molecule has 2 rings (SSSR count). The van der Waals surface area contributed by atoms with E-state index in [1.165, 1.54) is 29.2 Å². The molecule has 0 aliphatic heterocycles. The lowest BCUT2D eigenvalue weighted by molar-refractivity contribution is 0.514. The van der Waals surface area contributed by atoms with Crippen LogP contribution in [0.1, 0.15) is 25.3 Å². The molecule has 2 aromatic rings. The Hall–Kier alpha value is -1.34. The molecular formula is C16H21N. The van der Waals surface area contributed by atoms with Crippen molar-refractivity contribution in [3.63, 3.8) is 0 Å². The van der Waals surface area contributed by atoms with Crippen LogP contribution in [0.3, 0.4) is 0 Å². The minimum atomic E-state index is 0.598. The summed E-state index contributed by atoms with van der Waals surface area (Å²) in [4.78, 5) is 0. The van der Waals surface area contributed by atoms with Gasteiger partial charge in [0.05, 0.1) is 0 Å². The second-order valence-electron chi connectivity index (χ2n) is 4.66. The highest BCUT2D eigenvalue weighted by Crippen LogP contribution is 2.17. The highest BCUT2D eigenvalue weighted by Gasteiger charge is 2.06. The Balaban J connectivity index is 2.18. The van der Waals surface area contributed by atoms with Gasteiger partial charge in [-0.3, -0.25) is 0 Å². The molecule has 0 fully saturated rings. The van der Waals surface area contributed by atoms with Crippen molar-refractivity contribution in [1.82, 2.24) is 5.32 Å². The molecule has 0 heterocycles. The van der Waals surface area contributed by atoms with Gasteiger partial charge >= 0.3 is 0 Å². The highest BCUT2D eigenvalue weighted by molar-refractivity contribution is 5.82. The molecular weight excluding hydrogens is 206 g/mol. The summed E-state index contributed by atoms with van der Waals surface area (Å²) in [6.45, 7) is 2.24. The third kappa shape index (κ3) is 3.07. The summed E-state index contributed by atoms with van der Waals surface area (Å²) in [5, 5.41) is 6.07. The number of fused-ring (bicyclic) bond motifs is 1. The lowest BCUT2D eigenvalue weighted by Gasteiger charge is -2.15. The molecule has 0 amide bonds. The topological polar surface area (TPSA) is 12.0 Å². The molecule has 0 aromatic heterocycles. The van der Waals surface area contributed by atoms with Crippen LogP contribution in [0.15, 0.2) is 42.5 Å². The summed E-state index contributed by atoms with van der Waals surface area (Å²) in [5.41, 5.74) is 1.43. The Kier molecular flexibility index (Phi) is 4.16. The maximum absolute atomic E-state index is 3.40. The summed E-state index contributed by atoms with van der Waals surface area (Å²) in [7, 11) is 2.06. The fourth-order valence-electron chi connectivity index (χ4n) is 2.35. The van der Waals surface area contributed by atoms with Crippen LogP contribution in [0.25, 0.3) is 10.8 Å². The van der Waals surface area contributed by atoms with E-state index in [2.05, 4.69) is 61.8 Å². The molecule has 0 radical (unpaired) electrons. The minimum absolute atomic E-state index is 0.598. The van der Waals surface area contributed by atoms with Crippen LogP contribution < -0.4 is 5.32 Å². The van der Waals surface area contributed by atoms with Gasteiger partial charge in [-0.1, -0.05) is 55.8 Å². The van der Waals surface area contributed by atoms with Crippen molar-refractivity contribution >= 4 is 10.8 Å². The molecule has 0 saturated heterocycles. The van der Waals surface area contributed by atoms with Gasteiger partial charge in [-0.05, 0) is 36.2 Å². The fraction of sp³-hybridized carbons (Fsp3) is 0.375. The summed E-state index contributed by atoms with van der Waals surface area (Å²) < 4.78 is 0. The van der Waals surface area contributed by atoms with Crippen molar-refractivity contribution in [2.75, 3.05) is 7.05 Å². The Morgan fingerprint density at radius 3 is 2.53 bits per heavy atom. The summed E-state index contributed by atoms with van der Waals surface area (Å²) in [6, 6.07) is 15.9. The predicted molar refractivity (Wildman–Crippen MR) is 75.4 cm³/mol. The van der Waals surface area contributed by atoms with E-state index < -0.39 is 0 Å². The molecule has 0 aliphatic rings. The van der Waals surface area contributed by atoms with Gasteiger partial charge in [-0.15, -0.1) is 0 Å². The lowest BCUT2D eigenvalue weighted by Crippen LogP contribution is -2.27. The molecule has 17 heavy (non-hydrogen) atoms. The standard InChI is InChI=1S/C16H21N/c1-3-6-16(17-2)12-13-9-10-14-7-4-5-8-15(14)11-13/h4-5,7-11,16-17H,3,6,12H2,1-2H3. The first-order chi connectivity index (χ1) is 8.33. The van der Waals surface area contributed by atoms with E-state index in [1.807, 2.05) is 0 Å². The first kappa shape index (κ1) is 12.1. The molecule has 0 spiro atoms. The minimum Gasteiger partial charge on any atom is -0.317 e. The van der Waals surface area contributed by atoms with Crippen molar-refractivity contribution in [3.8, 4) is 0 Å². The third-order valence-corrected chi connectivity index (χ3v) is 3.34. The van der Waals surface area contributed by atoms with Crippen LogP contribution in [0.4, 0.5) is 0 Å². The van der Waals surface area contributed by atoms with Crippen molar-refractivity contribution in [2.24, 2.45) is 0 Å². The number of rotatable bonds is 5.